The summed E-state index contributed by atoms with van der Waals surface area (Å²) in [5.74, 6) is 0. The average Bonchev–Trinajstić information content (AvgIpc) is 2.28. The number of urea groups is 1. The van der Waals surface area contributed by atoms with Gasteiger partial charge in [0.1, 0.15) is 0 Å². The van der Waals surface area contributed by atoms with Gasteiger partial charge >= 0.3 is 6.03 Å². The summed E-state index contributed by atoms with van der Waals surface area (Å²) in [6.45, 7) is 7.88. The highest BCUT2D eigenvalue weighted by atomic mass is 16.5. The summed E-state index contributed by atoms with van der Waals surface area (Å²) in [6, 6.07) is 0.0642. The minimum Gasteiger partial charge on any atom is -0.393 e. The van der Waals surface area contributed by atoms with Crippen LogP contribution in [0.4, 0.5) is 4.79 Å². The van der Waals surface area contributed by atoms with Crippen molar-refractivity contribution in [3.05, 3.63) is 0 Å². The summed E-state index contributed by atoms with van der Waals surface area (Å²) < 4.78 is 5.23. The van der Waals surface area contributed by atoms with Crippen LogP contribution in [0, 0.1) is 5.41 Å². The Hall–Kier alpha value is -0.810. The number of hydrogen-bond acceptors (Lipinski definition) is 3. The van der Waals surface area contributed by atoms with Crippen molar-refractivity contribution in [2.75, 3.05) is 19.8 Å². The summed E-state index contributed by atoms with van der Waals surface area (Å²) in [4.78, 5) is 11.6. The molecule has 1 fully saturated rings. The summed E-state index contributed by atoms with van der Waals surface area (Å²) in [7, 11) is 0. The SMILES string of the molecule is CC(C)(C)[C@@H](O)CCNC(=O)NC1CCOCC1. The topological polar surface area (TPSA) is 70.6 Å². The van der Waals surface area contributed by atoms with Crippen molar-refractivity contribution < 1.29 is 14.6 Å². The van der Waals surface area contributed by atoms with Crippen LogP contribution in [0.15, 0.2) is 0 Å². The average molecular weight is 258 g/mol. The molecule has 0 spiro atoms. The fourth-order valence-electron chi connectivity index (χ4n) is 1.83. The number of rotatable bonds is 4. The van der Waals surface area contributed by atoms with E-state index in [0.717, 1.165) is 12.8 Å². The molecule has 1 aliphatic heterocycles. The Kier molecular flexibility index (Phi) is 5.88. The standard InChI is InChI=1S/C13H26N2O3/c1-13(2,3)11(16)4-7-14-12(17)15-10-5-8-18-9-6-10/h10-11,16H,4-9H2,1-3H3,(H2,14,15,17)/t11-/m0/s1. The van der Waals surface area contributed by atoms with Gasteiger partial charge in [0.05, 0.1) is 6.10 Å². The molecule has 1 rings (SSSR count). The van der Waals surface area contributed by atoms with Gasteiger partial charge in [-0.1, -0.05) is 20.8 Å². The van der Waals surface area contributed by atoms with Gasteiger partial charge in [0.25, 0.3) is 0 Å². The second kappa shape index (κ2) is 6.95. The Labute approximate surface area is 109 Å². The van der Waals surface area contributed by atoms with Crippen LogP contribution in [0.25, 0.3) is 0 Å². The molecule has 0 aromatic carbocycles. The molecule has 18 heavy (non-hydrogen) atoms. The minimum atomic E-state index is -0.402. The van der Waals surface area contributed by atoms with E-state index in [1.54, 1.807) is 0 Å². The van der Waals surface area contributed by atoms with Gasteiger partial charge in [-0.2, -0.15) is 0 Å². The highest BCUT2D eigenvalue weighted by Gasteiger charge is 2.22. The predicted molar refractivity (Wildman–Crippen MR) is 70.5 cm³/mol. The summed E-state index contributed by atoms with van der Waals surface area (Å²) in [5, 5.41) is 15.5. The van der Waals surface area contributed by atoms with Crippen LogP contribution < -0.4 is 10.6 Å². The van der Waals surface area contributed by atoms with Crippen LogP contribution in [-0.4, -0.2) is 43.0 Å². The van der Waals surface area contributed by atoms with Crippen molar-refractivity contribution in [1.82, 2.24) is 10.6 Å². The van der Waals surface area contributed by atoms with E-state index in [1.807, 2.05) is 20.8 Å². The van der Waals surface area contributed by atoms with E-state index >= 15 is 0 Å². The zero-order valence-electron chi connectivity index (χ0n) is 11.7. The zero-order chi connectivity index (χ0) is 13.6. The lowest BCUT2D eigenvalue weighted by molar-refractivity contribution is 0.0562. The lowest BCUT2D eigenvalue weighted by atomic mass is 9.87. The third-order valence-corrected chi connectivity index (χ3v) is 3.26. The smallest absolute Gasteiger partial charge is 0.315 e. The minimum absolute atomic E-state index is 0.140. The third kappa shape index (κ3) is 5.69. The van der Waals surface area contributed by atoms with E-state index in [-0.39, 0.29) is 17.5 Å². The van der Waals surface area contributed by atoms with Gasteiger partial charge in [-0.15, -0.1) is 0 Å². The number of amides is 2. The number of nitrogens with one attached hydrogen (secondary N) is 2. The molecular formula is C13H26N2O3. The molecule has 0 aliphatic carbocycles. The second-order valence-corrected chi connectivity index (χ2v) is 5.96. The van der Waals surface area contributed by atoms with E-state index in [0.29, 0.717) is 26.2 Å². The van der Waals surface area contributed by atoms with Gasteiger partial charge < -0.3 is 20.5 Å². The molecule has 0 aromatic heterocycles. The first-order valence-electron chi connectivity index (χ1n) is 6.70. The first-order chi connectivity index (χ1) is 8.39. The Morgan fingerprint density at radius 3 is 2.56 bits per heavy atom. The molecule has 3 N–H and O–H groups in total. The number of carbonyl (C=O) groups excluding carboxylic acids is 1. The Balaban J connectivity index is 2.13. The Morgan fingerprint density at radius 1 is 1.39 bits per heavy atom. The van der Waals surface area contributed by atoms with Crippen molar-refractivity contribution >= 4 is 6.03 Å². The normalized spacial score (nSPS) is 19.3. The van der Waals surface area contributed by atoms with E-state index in [2.05, 4.69) is 10.6 Å². The first-order valence-corrected chi connectivity index (χ1v) is 6.70. The summed E-state index contributed by atoms with van der Waals surface area (Å²) in [5.41, 5.74) is -0.140. The molecule has 0 unspecified atom stereocenters. The number of ether oxygens (including phenoxy) is 1. The van der Waals surface area contributed by atoms with Gasteiger partial charge in [-0.25, -0.2) is 4.79 Å². The van der Waals surface area contributed by atoms with Crippen LogP contribution in [0.1, 0.15) is 40.0 Å². The lowest BCUT2D eigenvalue weighted by Gasteiger charge is -2.26. The largest absolute Gasteiger partial charge is 0.393 e. The predicted octanol–water partition coefficient (Wildman–Crippen LogP) is 1.26. The van der Waals surface area contributed by atoms with Crippen molar-refractivity contribution in [1.29, 1.82) is 0 Å². The Bertz CT molecular complexity index is 257. The molecule has 0 radical (unpaired) electrons. The van der Waals surface area contributed by atoms with E-state index in [9.17, 15) is 9.90 Å². The molecule has 5 nitrogen and oxygen atoms in total. The zero-order valence-corrected chi connectivity index (χ0v) is 11.7. The second-order valence-electron chi connectivity index (χ2n) is 5.96. The van der Waals surface area contributed by atoms with Crippen molar-refractivity contribution in [2.45, 2.75) is 52.2 Å². The first kappa shape index (κ1) is 15.2. The molecule has 0 bridgehead atoms. The molecule has 1 aliphatic rings. The third-order valence-electron chi connectivity index (χ3n) is 3.26. The highest BCUT2D eigenvalue weighted by molar-refractivity contribution is 5.74. The molecule has 0 saturated carbocycles. The van der Waals surface area contributed by atoms with E-state index in [4.69, 9.17) is 4.74 Å². The number of aliphatic hydroxyl groups excluding tert-OH is 1. The summed E-state index contributed by atoms with van der Waals surface area (Å²) >= 11 is 0. The van der Waals surface area contributed by atoms with Gasteiger partial charge in [0, 0.05) is 25.8 Å². The maximum atomic E-state index is 11.6. The van der Waals surface area contributed by atoms with Crippen LogP contribution in [0.2, 0.25) is 0 Å². The van der Waals surface area contributed by atoms with E-state index < -0.39 is 6.10 Å². The monoisotopic (exact) mass is 258 g/mol. The molecule has 5 heteroatoms. The fraction of sp³-hybridized carbons (Fsp3) is 0.923. The lowest BCUT2D eigenvalue weighted by Crippen LogP contribution is -2.45. The van der Waals surface area contributed by atoms with Crippen molar-refractivity contribution in [2.24, 2.45) is 5.41 Å². The van der Waals surface area contributed by atoms with Crippen molar-refractivity contribution in [3.63, 3.8) is 0 Å². The van der Waals surface area contributed by atoms with Crippen molar-refractivity contribution in [3.8, 4) is 0 Å². The highest BCUT2D eigenvalue weighted by Crippen LogP contribution is 2.20. The molecule has 106 valence electrons. The van der Waals surface area contributed by atoms with Gasteiger partial charge in [0.15, 0.2) is 0 Å². The summed E-state index contributed by atoms with van der Waals surface area (Å²) in [6.07, 6.45) is 1.92. The fourth-order valence-corrected chi connectivity index (χ4v) is 1.83. The van der Waals surface area contributed by atoms with Crippen LogP contribution in [0.3, 0.4) is 0 Å². The maximum Gasteiger partial charge on any atom is 0.315 e. The maximum absolute atomic E-state index is 11.6. The molecule has 0 aromatic rings. The van der Waals surface area contributed by atoms with Crippen LogP contribution in [0.5, 0.6) is 0 Å². The van der Waals surface area contributed by atoms with Gasteiger partial charge in [-0.05, 0) is 24.7 Å². The Morgan fingerprint density at radius 2 is 2.00 bits per heavy atom. The molecular weight excluding hydrogens is 232 g/mol. The molecule has 1 atom stereocenters. The number of carbonyl (C=O) groups is 1. The number of aliphatic hydroxyl groups is 1. The van der Waals surface area contributed by atoms with Crippen LogP contribution in [-0.2, 0) is 4.74 Å². The quantitative estimate of drug-likeness (QED) is 0.711. The van der Waals surface area contributed by atoms with E-state index in [1.165, 1.54) is 0 Å². The molecule has 2 amide bonds. The number of hydrogen-bond donors (Lipinski definition) is 3. The van der Waals surface area contributed by atoms with Crippen LogP contribution >= 0.6 is 0 Å². The van der Waals surface area contributed by atoms with Gasteiger partial charge in [-0.3, -0.25) is 0 Å². The molecule has 1 saturated heterocycles. The van der Waals surface area contributed by atoms with Gasteiger partial charge in [0.2, 0.25) is 0 Å². The molecule has 1 heterocycles.